The Morgan fingerprint density at radius 1 is 0.792 bits per heavy atom. The van der Waals surface area contributed by atoms with E-state index >= 15 is 0 Å². The van der Waals surface area contributed by atoms with Crippen LogP contribution in [0.1, 0.15) is 11.1 Å². The van der Waals surface area contributed by atoms with Crippen molar-refractivity contribution in [3.8, 4) is 0 Å². The Labute approximate surface area is 135 Å². The second-order valence-corrected chi connectivity index (χ2v) is 5.12. The van der Waals surface area contributed by atoms with Crippen molar-refractivity contribution in [3.05, 3.63) is 80.4 Å². The molecular formula is C14H12N6O4. The summed E-state index contributed by atoms with van der Waals surface area (Å²) in [4.78, 5) is 20.3. The van der Waals surface area contributed by atoms with Gasteiger partial charge in [0.05, 0.1) is 22.9 Å². The van der Waals surface area contributed by atoms with Crippen LogP contribution in [0.3, 0.4) is 0 Å². The lowest BCUT2D eigenvalue weighted by Crippen LogP contribution is -2.02. The monoisotopic (exact) mass is 328 g/mol. The van der Waals surface area contributed by atoms with E-state index < -0.39 is 9.85 Å². The number of nitro groups is 2. The van der Waals surface area contributed by atoms with Crippen LogP contribution in [0.5, 0.6) is 0 Å². The predicted octanol–water partition coefficient (Wildman–Crippen LogP) is 1.99. The molecular weight excluding hydrogens is 316 g/mol. The Kier molecular flexibility index (Phi) is 4.01. The third-order valence-electron chi connectivity index (χ3n) is 3.37. The molecule has 0 saturated heterocycles. The smallest absolute Gasteiger partial charge is 0.261 e. The summed E-state index contributed by atoms with van der Waals surface area (Å²) < 4.78 is 2.98. The van der Waals surface area contributed by atoms with Gasteiger partial charge in [-0.3, -0.25) is 29.6 Å². The first-order valence-electron chi connectivity index (χ1n) is 6.93. The average Bonchev–Trinajstić information content (AvgIpc) is 3.19. The Hall–Kier alpha value is -3.56. The zero-order valence-electron chi connectivity index (χ0n) is 12.3. The lowest BCUT2D eigenvalue weighted by molar-refractivity contribution is -0.385. The minimum atomic E-state index is -0.490. The number of aromatic nitrogens is 4. The molecule has 24 heavy (non-hydrogen) atoms. The van der Waals surface area contributed by atoms with Crippen LogP contribution in [0.25, 0.3) is 0 Å². The van der Waals surface area contributed by atoms with Gasteiger partial charge in [-0.2, -0.15) is 10.2 Å². The van der Waals surface area contributed by atoms with Gasteiger partial charge in [0.2, 0.25) is 0 Å². The highest BCUT2D eigenvalue weighted by Crippen LogP contribution is 2.13. The van der Waals surface area contributed by atoms with Crippen molar-refractivity contribution in [2.24, 2.45) is 0 Å². The summed E-state index contributed by atoms with van der Waals surface area (Å²) in [6.45, 7) is 0.836. The SMILES string of the molecule is O=[N+]([O-])c1cnn(Cc2ccc(Cn3cc([N+](=O)[O-])cn3)cc2)c1. The molecule has 0 amide bonds. The van der Waals surface area contributed by atoms with Crippen molar-refractivity contribution in [2.45, 2.75) is 13.1 Å². The predicted molar refractivity (Wildman–Crippen MR) is 82.4 cm³/mol. The van der Waals surface area contributed by atoms with Crippen LogP contribution in [0, 0.1) is 20.2 Å². The van der Waals surface area contributed by atoms with Crippen LogP contribution >= 0.6 is 0 Å². The molecule has 0 atom stereocenters. The topological polar surface area (TPSA) is 122 Å². The molecule has 0 aliphatic rings. The maximum atomic E-state index is 10.6. The summed E-state index contributed by atoms with van der Waals surface area (Å²) >= 11 is 0. The highest BCUT2D eigenvalue weighted by Gasteiger charge is 2.10. The Morgan fingerprint density at radius 3 is 1.46 bits per heavy atom. The second-order valence-electron chi connectivity index (χ2n) is 5.12. The zero-order valence-corrected chi connectivity index (χ0v) is 12.3. The molecule has 0 aliphatic heterocycles. The van der Waals surface area contributed by atoms with Crippen LogP contribution < -0.4 is 0 Å². The molecule has 3 rings (SSSR count). The van der Waals surface area contributed by atoms with Crippen molar-refractivity contribution in [3.63, 3.8) is 0 Å². The molecule has 2 aromatic heterocycles. The third-order valence-corrected chi connectivity index (χ3v) is 3.37. The number of hydrogen-bond acceptors (Lipinski definition) is 6. The van der Waals surface area contributed by atoms with Gasteiger partial charge in [0.1, 0.15) is 24.8 Å². The van der Waals surface area contributed by atoms with E-state index in [-0.39, 0.29) is 11.4 Å². The fourth-order valence-electron chi connectivity index (χ4n) is 2.19. The van der Waals surface area contributed by atoms with Crippen LogP contribution in [-0.2, 0) is 13.1 Å². The molecule has 0 bridgehead atoms. The Balaban J connectivity index is 1.65. The summed E-state index contributed by atoms with van der Waals surface area (Å²) in [5.74, 6) is 0. The number of benzene rings is 1. The van der Waals surface area contributed by atoms with E-state index in [0.29, 0.717) is 13.1 Å². The quantitative estimate of drug-likeness (QED) is 0.504. The van der Waals surface area contributed by atoms with E-state index in [1.807, 2.05) is 24.3 Å². The van der Waals surface area contributed by atoms with Gasteiger partial charge in [-0.05, 0) is 11.1 Å². The van der Waals surface area contributed by atoms with Crippen LogP contribution in [0.2, 0.25) is 0 Å². The first-order valence-corrected chi connectivity index (χ1v) is 6.93. The van der Waals surface area contributed by atoms with Crippen LogP contribution in [-0.4, -0.2) is 29.4 Å². The summed E-state index contributed by atoms with van der Waals surface area (Å²) in [6.07, 6.45) is 5.16. The lowest BCUT2D eigenvalue weighted by Gasteiger charge is -2.04. The van der Waals surface area contributed by atoms with Gasteiger partial charge in [-0.15, -0.1) is 0 Å². The molecule has 1 aromatic carbocycles. The largest absolute Gasteiger partial charge is 0.307 e. The van der Waals surface area contributed by atoms with E-state index in [1.165, 1.54) is 34.2 Å². The van der Waals surface area contributed by atoms with E-state index in [1.54, 1.807) is 0 Å². The van der Waals surface area contributed by atoms with Gasteiger partial charge in [-0.25, -0.2) is 0 Å². The van der Waals surface area contributed by atoms with Gasteiger partial charge in [0.15, 0.2) is 0 Å². The van der Waals surface area contributed by atoms with Gasteiger partial charge >= 0.3 is 11.4 Å². The summed E-state index contributed by atoms with van der Waals surface area (Å²) in [6, 6.07) is 7.50. The third kappa shape index (κ3) is 3.43. The molecule has 3 aromatic rings. The molecule has 0 fully saturated rings. The molecule has 0 radical (unpaired) electrons. The molecule has 2 heterocycles. The van der Waals surface area contributed by atoms with Crippen LogP contribution in [0.15, 0.2) is 49.1 Å². The normalized spacial score (nSPS) is 10.7. The van der Waals surface area contributed by atoms with Crippen molar-refractivity contribution >= 4 is 11.4 Å². The Morgan fingerprint density at radius 2 is 1.17 bits per heavy atom. The zero-order chi connectivity index (χ0) is 17.1. The van der Waals surface area contributed by atoms with Crippen molar-refractivity contribution in [1.29, 1.82) is 0 Å². The molecule has 0 aliphatic carbocycles. The van der Waals surface area contributed by atoms with Crippen molar-refractivity contribution < 1.29 is 9.85 Å². The van der Waals surface area contributed by atoms with E-state index in [2.05, 4.69) is 10.2 Å². The molecule has 0 saturated carbocycles. The minimum Gasteiger partial charge on any atom is -0.261 e. The molecule has 10 nitrogen and oxygen atoms in total. The van der Waals surface area contributed by atoms with Gasteiger partial charge in [-0.1, -0.05) is 24.3 Å². The highest BCUT2D eigenvalue weighted by atomic mass is 16.6. The van der Waals surface area contributed by atoms with E-state index in [0.717, 1.165) is 11.1 Å². The van der Waals surface area contributed by atoms with Crippen molar-refractivity contribution in [1.82, 2.24) is 19.6 Å². The summed E-state index contributed by atoms with van der Waals surface area (Å²) in [7, 11) is 0. The van der Waals surface area contributed by atoms with Gasteiger partial charge in [0.25, 0.3) is 0 Å². The van der Waals surface area contributed by atoms with E-state index in [4.69, 9.17) is 0 Å². The highest BCUT2D eigenvalue weighted by molar-refractivity contribution is 5.26. The second kappa shape index (κ2) is 6.28. The fraction of sp³-hybridized carbons (Fsp3) is 0.143. The molecule has 0 spiro atoms. The average molecular weight is 328 g/mol. The first kappa shape index (κ1) is 15.3. The van der Waals surface area contributed by atoms with E-state index in [9.17, 15) is 20.2 Å². The fourth-order valence-corrected chi connectivity index (χ4v) is 2.19. The van der Waals surface area contributed by atoms with Gasteiger partial charge < -0.3 is 0 Å². The number of nitrogens with zero attached hydrogens (tertiary/aromatic N) is 6. The maximum absolute atomic E-state index is 10.6. The van der Waals surface area contributed by atoms with Crippen LogP contribution in [0.4, 0.5) is 11.4 Å². The molecule has 0 unspecified atom stereocenters. The standard InChI is InChI=1S/C14H12N6O4/c21-19(22)13-5-15-17(9-13)7-11-1-2-12(4-3-11)8-18-10-14(6-16-18)20(23)24/h1-6,9-10H,7-8H2. The number of hydrogen-bond donors (Lipinski definition) is 0. The first-order chi connectivity index (χ1) is 11.5. The Bertz CT molecular complexity index is 810. The van der Waals surface area contributed by atoms with Crippen molar-refractivity contribution in [2.75, 3.05) is 0 Å². The molecule has 122 valence electrons. The lowest BCUT2D eigenvalue weighted by atomic mass is 10.1. The number of rotatable bonds is 6. The van der Waals surface area contributed by atoms with Gasteiger partial charge in [0, 0.05) is 0 Å². The maximum Gasteiger partial charge on any atom is 0.307 e. The minimum absolute atomic E-state index is 0.0492. The summed E-state index contributed by atoms with van der Waals surface area (Å²) in [5.41, 5.74) is 1.77. The molecule has 0 N–H and O–H groups in total. The molecule has 10 heteroatoms. The summed E-state index contributed by atoms with van der Waals surface area (Å²) in [5, 5.41) is 29.1.